The Balaban J connectivity index is 0.00000144. The van der Waals surface area contributed by atoms with Crippen molar-refractivity contribution in [3.05, 3.63) is 47.3 Å². The van der Waals surface area contributed by atoms with E-state index in [9.17, 15) is 4.39 Å². The lowest BCUT2D eigenvalue weighted by atomic mass is 10.1. The van der Waals surface area contributed by atoms with E-state index in [0.717, 1.165) is 5.56 Å². The maximum absolute atomic E-state index is 12.7. The summed E-state index contributed by atoms with van der Waals surface area (Å²) < 4.78 is 12.7. The van der Waals surface area contributed by atoms with E-state index in [0.29, 0.717) is 0 Å². The highest BCUT2D eigenvalue weighted by Gasteiger charge is 2.04. The molecule has 0 heterocycles. The molecule has 1 aromatic carbocycles. The van der Waals surface area contributed by atoms with E-state index < -0.39 is 5.82 Å². The first-order chi connectivity index (χ1) is 5.65. The summed E-state index contributed by atoms with van der Waals surface area (Å²) in [6, 6.07) is 4.10. The second-order valence-electron chi connectivity index (χ2n) is 2.44. The third-order valence-corrected chi connectivity index (χ3v) is 1.87. The summed E-state index contributed by atoms with van der Waals surface area (Å²) in [5.41, 5.74) is 6.37. The molecule has 0 spiro atoms. The summed E-state index contributed by atoms with van der Waals surface area (Å²) in [5, 5.41) is 0.0878. The Hall–Kier alpha value is -0.570. The molecule has 0 aromatic heterocycles. The number of nitrogens with two attached hydrogens (primary N) is 1. The SMILES string of the molecule is C=C[C@H](N)c1ccc(F)c(Cl)c1.Cl. The average Bonchev–Trinajstić information content (AvgIpc) is 2.08. The monoisotopic (exact) mass is 221 g/mol. The van der Waals surface area contributed by atoms with Crippen molar-refractivity contribution in [3.8, 4) is 0 Å². The zero-order valence-corrected chi connectivity index (χ0v) is 8.41. The summed E-state index contributed by atoms with van der Waals surface area (Å²) in [7, 11) is 0. The fourth-order valence-electron chi connectivity index (χ4n) is 0.856. The molecule has 0 saturated heterocycles. The molecule has 0 aliphatic heterocycles. The van der Waals surface area contributed by atoms with Crippen molar-refractivity contribution >= 4 is 24.0 Å². The van der Waals surface area contributed by atoms with Crippen LogP contribution in [0.15, 0.2) is 30.9 Å². The zero-order chi connectivity index (χ0) is 9.14. The van der Waals surface area contributed by atoms with Gasteiger partial charge in [-0.2, -0.15) is 0 Å². The smallest absolute Gasteiger partial charge is 0.141 e. The van der Waals surface area contributed by atoms with Crippen LogP contribution in [0, 0.1) is 5.82 Å². The van der Waals surface area contributed by atoms with Crippen LogP contribution in [0.25, 0.3) is 0 Å². The van der Waals surface area contributed by atoms with E-state index in [1.54, 1.807) is 12.1 Å². The maximum Gasteiger partial charge on any atom is 0.141 e. The first-order valence-corrected chi connectivity index (χ1v) is 3.86. The molecule has 1 rings (SSSR count). The lowest BCUT2D eigenvalue weighted by molar-refractivity contribution is 0.627. The van der Waals surface area contributed by atoms with Crippen molar-refractivity contribution in [1.82, 2.24) is 0 Å². The maximum atomic E-state index is 12.7. The standard InChI is InChI=1S/C9H9ClFN.ClH/c1-2-9(12)6-3-4-8(11)7(10)5-6;/h2-5,9H,1,12H2;1H/t9-;/m0./s1. The summed E-state index contributed by atoms with van der Waals surface area (Å²) in [5.74, 6) is -0.434. The molecule has 0 radical (unpaired) electrons. The minimum atomic E-state index is -0.434. The molecule has 4 heteroatoms. The van der Waals surface area contributed by atoms with Crippen molar-refractivity contribution in [2.24, 2.45) is 5.73 Å². The Morgan fingerprint density at radius 2 is 2.15 bits per heavy atom. The molecule has 0 aliphatic carbocycles. The molecular weight excluding hydrogens is 212 g/mol. The molecular formula is C9H10Cl2FN. The highest BCUT2D eigenvalue weighted by atomic mass is 35.5. The average molecular weight is 222 g/mol. The quantitative estimate of drug-likeness (QED) is 0.764. The van der Waals surface area contributed by atoms with Crippen molar-refractivity contribution in [1.29, 1.82) is 0 Å². The fraction of sp³-hybridized carbons (Fsp3) is 0.111. The molecule has 0 aliphatic rings. The minimum absolute atomic E-state index is 0. The van der Waals surface area contributed by atoms with Gasteiger partial charge in [-0.25, -0.2) is 4.39 Å². The van der Waals surface area contributed by atoms with Gasteiger partial charge in [0.05, 0.1) is 5.02 Å². The molecule has 0 fully saturated rings. The van der Waals surface area contributed by atoms with Crippen LogP contribution in [0.5, 0.6) is 0 Å². The molecule has 0 bridgehead atoms. The van der Waals surface area contributed by atoms with Crippen LogP contribution >= 0.6 is 24.0 Å². The topological polar surface area (TPSA) is 26.0 Å². The number of hydrogen-bond acceptors (Lipinski definition) is 1. The molecule has 0 unspecified atom stereocenters. The van der Waals surface area contributed by atoms with Gasteiger partial charge in [-0.3, -0.25) is 0 Å². The zero-order valence-electron chi connectivity index (χ0n) is 6.84. The van der Waals surface area contributed by atoms with Crippen molar-refractivity contribution < 1.29 is 4.39 Å². The third kappa shape index (κ3) is 2.99. The highest BCUT2D eigenvalue weighted by molar-refractivity contribution is 6.30. The number of rotatable bonds is 2. The lowest BCUT2D eigenvalue weighted by Gasteiger charge is -2.06. The van der Waals surface area contributed by atoms with Gasteiger partial charge in [0.15, 0.2) is 0 Å². The van der Waals surface area contributed by atoms with Crippen molar-refractivity contribution in [2.75, 3.05) is 0 Å². The molecule has 2 N–H and O–H groups in total. The molecule has 72 valence electrons. The molecule has 1 aromatic rings. The van der Waals surface area contributed by atoms with Gasteiger partial charge in [0, 0.05) is 6.04 Å². The van der Waals surface area contributed by atoms with Crippen LogP contribution in [0.1, 0.15) is 11.6 Å². The van der Waals surface area contributed by atoms with Gasteiger partial charge in [-0.05, 0) is 17.7 Å². The summed E-state index contributed by atoms with van der Waals surface area (Å²) in [4.78, 5) is 0. The van der Waals surface area contributed by atoms with Crippen LogP contribution < -0.4 is 5.73 Å². The Morgan fingerprint density at radius 1 is 1.54 bits per heavy atom. The van der Waals surface area contributed by atoms with E-state index in [4.69, 9.17) is 17.3 Å². The predicted molar refractivity (Wildman–Crippen MR) is 55.8 cm³/mol. The number of hydrogen-bond donors (Lipinski definition) is 1. The van der Waals surface area contributed by atoms with Crippen LogP contribution in [-0.4, -0.2) is 0 Å². The molecule has 0 saturated carbocycles. The van der Waals surface area contributed by atoms with E-state index >= 15 is 0 Å². The van der Waals surface area contributed by atoms with Crippen LogP contribution in [0.4, 0.5) is 4.39 Å². The van der Waals surface area contributed by atoms with E-state index in [1.807, 2.05) is 0 Å². The largest absolute Gasteiger partial charge is 0.321 e. The minimum Gasteiger partial charge on any atom is -0.321 e. The normalized spacial score (nSPS) is 11.6. The second kappa shape index (κ2) is 5.22. The van der Waals surface area contributed by atoms with E-state index in [1.165, 1.54) is 12.1 Å². The molecule has 0 amide bonds. The molecule has 1 atom stereocenters. The van der Waals surface area contributed by atoms with Crippen LogP contribution in [0.2, 0.25) is 5.02 Å². The number of benzene rings is 1. The summed E-state index contributed by atoms with van der Waals surface area (Å²) >= 11 is 5.55. The summed E-state index contributed by atoms with van der Waals surface area (Å²) in [6.45, 7) is 3.53. The highest BCUT2D eigenvalue weighted by Crippen LogP contribution is 2.19. The first kappa shape index (κ1) is 12.4. The van der Waals surface area contributed by atoms with Crippen molar-refractivity contribution in [2.45, 2.75) is 6.04 Å². The molecule has 1 nitrogen and oxygen atoms in total. The first-order valence-electron chi connectivity index (χ1n) is 3.48. The lowest BCUT2D eigenvalue weighted by Crippen LogP contribution is -2.06. The van der Waals surface area contributed by atoms with Gasteiger partial charge < -0.3 is 5.73 Å². The van der Waals surface area contributed by atoms with Gasteiger partial charge in [-0.1, -0.05) is 23.7 Å². The van der Waals surface area contributed by atoms with Gasteiger partial charge in [0.25, 0.3) is 0 Å². The number of halogens is 3. The Labute approximate surface area is 87.8 Å². The predicted octanol–water partition coefficient (Wildman–Crippen LogP) is 3.09. The van der Waals surface area contributed by atoms with E-state index in [-0.39, 0.29) is 23.5 Å². The summed E-state index contributed by atoms with van der Waals surface area (Å²) in [6.07, 6.45) is 1.57. The van der Waals surface area contributed by atoms with Gasteiger partial charge in [0.2, 0.25) is 0 Å². The van der Waals surface area contributed by atoms with E-state index in [2.05, 4.69) is 6.58 Å². The van der Waals surface area contributed by atoms with Gasteiger partial charge in [0.1, 0.15) is 5.82 Å². The Kier molecular flexibility index (Phi) is 4.99. The van der Waals surface area contributed by atoms with Crippen LogP contribution in [0.3, 0.4) is 0 Å². The Bertz CT molecular complexity index is 302. The third-order valence-electron chi connectivity index (χ3n) is 1.58. The van der Waals surface area contributed by atoms with Gasteiger partial charge in [-0.15, -0.1) is 19.0 Å². The molecule has 13 heavy (non-hydrogen) atoms. The van der Waals surface area contributed by atoms with Gasteiger partial charge >= 0.3 is 0 Å². The fourth-order valence-corrected chi connectivity index (χ4v) is 1.04. The Morgan fingerprint density at radius 3 is 2.62 bits per heavy atom. The van der Waals surface area contributed by atoms with Crippen molar-refractivity contribution in [3.63, 3.8) is 0 Å². The van der Waals surface area contributed by atoms with Crippen LogP contribution in [-0.2, 0) is 0 Å². The second-order valence-corrected chi connectivity index (χ2v) is 2.84.